The number of benzene rings is 5. The predicted molar refractivity (Wildman–Crippen MR) is 171 cm³/mol. The number of carbonyl (C=O) groups is 1. The molecule has 210 valence electrons. The highest BCUT2D eigenvalue weighted by Crippen LogP contribution is 2.31. The van der Waals surface area contributed by atoms with Gasteiger partial charge in [0.15, 0.2) is 6.61 Å². The summed E-state index contributed by atoms with van der Waals surface area (Å²) in [6, 6.07) is 37.1. The van der Waals surface area contributed by atoms with Crippen LogP contribution < -0.4 is 9.47 Å². The summed E-state index contributed by atoms with van der Waals surface area (Å²) < 4.78 is 11.2. The van der Waals surface area contributed by atoms with Crippen molar-refractivity contribution in [3.63, 3.8) is 0 Å². The van der Waals surface area contributed by atoms with Crippen molar-refractivity contribution >= 4 is 46.3 Å². The number of rotatable bonds is 10. The van der Waals surface area contributed by atoms with Crippen molar-refractivity contribution in [2.75, 3.05) is 13.2 Å². The lowest BCUT2D eigenvalue weighted by atomic mass is 9.94. The molecule has 5 aromatic carbocycles. The molecule has 0 aliphatic heterocycles. The first-order valence-corrected chi connectivity index (χ1v) is 14.2. The van der Waals surface area contributed by atoms with Gasteiger partial charge in [-0.1, -0.05) is 108 Å². The van der Waals surface area contributed by atoms with E-state index in [-0.39, 0.29) is 17.4 Å². The predicted octanol–water partition coefficient (Wildman–Crippen LogP) is 9.95. The lowest BCUT2D eigenvalue weighted by molar-refractivity contribution is -0.139. The molecule has 0 amide bonds. The maximum Gasteiger partial charge on any atom is 0.341 e. The molecule has 0 aliphatic rings. The van der Waals surface area contributed by atoms with Crippen molar-refractivity contribution in [1.82, 2.24) is 0 Å². The normalized spacial score (nSPS) is 10.6. The third kappa shape index (κ3) is 7.54. The Labute approximate surface area is 259 Å². The molecule has 0 unspecified atom stereocenters. The molecule has 0 heterocycles. The molecule has 0 atom stereocenters. The van der Waals surface area contributed by atoms with E-state index in [1.165, 1.54) is 0 Å². The molecule has 5 aromatic rings. The van der Waals surface area contributed by atoms with E-state index in [9.17, 15) is 4.79 Å². The summed E-state index contributed by atoms with van der Waals surface area (Å²) in [6.07, 6.45) is 2.03. The van der Waals surface area contributed by atoms with Crippen LogP contribution in [0.15, 0.2) is 121 Å². The van der Waals surface area contributed by atoms with Crippen LogP contribution in [0, 0.1) is 0 Å². The highest BCUT2D eigenvalue weighted by Gasteiger charge is 2.10. The van der Waals surface area contributed by atoms with Crippen LogP contribution in [0.4, 0.5) is 0 Å². The summed E-state index contributed by atoms with van der Waals surface area (Å²) in [7, 11) is 0. The van der Waals surface area contributed by atoms with Gasteiger partial charge in [-0.05, 0) is 81.4 Å². The van der Waals surface area contributed by atoms with Crippen LogP contribution in [0.3, 0.4) is 0 Å². The zero-order valence-corrected chi connectivity index (χ0v) is 24.5. The highest BCUT2D eigenvalue weighted by atomic mass is 35.5. The van der Waals surface area contributed by atoms with Crippen molar-refractivity contribution in [2.45, 2.75) is 0 Å². The van der Waals surface area contributed by atoms with Crippen LogP contribution in [0.25, 0.3) is 27.8 Å². The zero-order valence-electron chi connectivity index (χ0n) is 22.3. The van der Waals surface area contributed by atoms with E-state index in [1.54, 1.807) is 18.2 Å². The highest BCUT2D eigenvalue weighted by molar-refractivity contribution is 6.32. The number of hydrogen-bond acceptors (Lipinski definition) is 3. The van der Waals surface area contributed by atoms with E-state index >= 15 is 0 Å². The van der Waals surface area contributed by atoms with Crippen molar-refractivity contribution in [1.29, 1.82) is 0 Å². The minimum absolute atomic E-state index is 0.272. The van der Waals surface area contributed by atoms with Gasteiger partial charge >= 0.3 is 5.97 Å². The Morgan fingerprint density at radius 1 is 0.619 bits per heavy atom. The molecule has 7 heteroatoms. The first kappa shape index (κ1) is 29.3. The summed E-state index contributed by atoms with van der Waals surface area (Å²) in [5.74, 6) is -0.259. The SMILES string of the molecule is O=C(O)COc1ccc(OCC=C(c2ccc(-c3ccc(Cl)cc3)cc2)c2ccc(-c3ccc(Cl)cc3)cc2)cc1Cl. The molecule has 0 fully saturated rings. The smallest absolute Gasteiger partial charge is 0.341 e. The average Bonchev–Trinajstić information content (AvgIpc) is 3.00. The fourth-order valence-corrected chi connectivity index (χ4v) is 4.90. The first-order chi connectivity index (χ1) is 20.4. The lowest BCUT2D eigenvalue weighted by Crippen LogP contribution is -2.09. The molecule has 0 saturated carbocycles. The van der Waals surface area contributed by atoms with Gasteiger partial charge in [0, 0.05) is 16.1 Å². The maximum absolute atomic E-state index is 10.8. The summed E-state index contributed by atoms with van der Waals surface area (Å²) >= 11 is 18.4. The van der Waals surface area contributed by atoms with Crippen LogP contribution in [0.2, 0.25) is 15.1 Å². The Hall–Kier alpha value is -4.22. The minimum Gasteiger partial charge on any atom is -0.489 e. The van der Waals surface area contributed by atoms with Crippen LogP contribution in [-0.2, 0) is 4.79 Å². The number of carboxylic acids is 1. The standard InChI is InChI=1S/C35H25Cl3O4/c36-29-13-9-25(10-14-29)23-1-5-27(6-2-23)32(28-7-3-24(4-8-28)26-11-15-30(37)16-12-26)19-20-41-31-17-18-34(33(38)21-31)42-22-35(39)40/h1-19,21H,20,22H2,(H,39,40). The van der Waals surface area contributed by atoms with Crippen LogP contribution in [0.5, 0.6) is 11.5 Å². The van der Waals surface area contributed by atoms with E-state index < -0.39 is 12.6 Å². The number of hydrogen-bond donors (Lipinski definition) is 1. The van der Waals surface area contributed by atoms with E-state index in [2.05, 4.69) is 48.5 Å². The first-order valence-electron chi connectivity index (χ1n) is 13.1. The molecule has 5 rings (SSSR count). The Balaban J connectivity index is 1.40. The summed E-state index contributed by atoms with van der Waals surface area (Å²) in [5.41, 5.74) is 7.41. The largest absolute Gasteiger partial charge is 0.489 e. The molecular weight excluding hydrogens is 591 g/mol. The van der Waals surface area contributed by atoms with Gasteiger partial charge in [-0.15, -0.1) is 0 Å². The lowest BCUT2D eigenvalue weighted by Gasteiger charge is -2.13. The van der Waals surface area contributed by atoms with E-state index in [0.29, 0.717) is 15.8 Å². The van der Waals surface area contributed by atoms with Crippen molar-refractivity contribution in [3.05, 3.63) is 148 Å². The van der Waals surface area contributed by atoms with Crippen LogP contribution in [0.1, 0.15) is 11.1 Å². The zero-order chi connectivity index (χ0) is 29.5. The van der Waals surface area contributed by atoms with Gasteiger partial charge in [0.05, 0.1) is 5.02 Å². The molecule has 0 spiro atoms. The van der Waals surface area contributed by atoms with Gasteiger partial charge in [-0.2, -0.15) is 0 Å². The Kier molecular flexibility index (Phi) is 9.50. The second kappa shape index (κ2) is 13.6. The van der Waals surface area contributed by atoms with Crippen LogP contribution >= 0.6 is 34.8 Å². The van der Waals surface area contributed by atoms with E-state index in [0.717, 1.165) is 39.0 Å². The fraction of sp³-hybridized carbons (Fsp3) is 0.0571. The molecule has 0 bridgehead atoms. The third-order valence-corrected chi connectivity index (χ3v) is 7.34. The molecular formula is C35H25Cl3O4. The number of ether oxygens (including phenoxy) is 2. The van der Waals surface area contributed by atoms with Gasteiger partial charge in [0.1, 0.15) is 18.1 Å². The maximum atomic E-state index is 10.8. The van der Waals surface area contributed by atoms with Crippen molar-refractivity contribution in [2.24, 2.45) is 0 Å². The molecule has 42 heavy (non-hydrogen) atoms. The number of carboxylic acid groups (broad SMARTS) is 1. The molecule has 0 saturated heterocycles. The van der Waals surface area contributed by atoms with Crippen LogP contribution in [-0.4, -0.2) is 24.3 Å². The quantitative estimate of drug-likeness (QED) is 0.170. The van der Waals surface area contributed by atoms with E-state index in [4.69, 9.17) is 49.4 Å². The molecule has 1 N–H and O–H groups in total. The second-order valence-electron chi connectivity index (χ2n) is 9.37. The van der Waals surface area contributed by atoms with Gasteiger partial charge in [0.2, 0.25) is 0 Å². The summed E-state index contributed by atoms with van der Waals surface area (Å²) in [6.45, 7) is -0.196. The summed E-state index contributed by atoms with van der Waals surface area (Å²) in [4.78, 5) is 10.8. The Morgan fingerprint density at radius 2 is 1.07 bits per heavy atom. The number of aliphatic carboxylic acids is 1. The van der Waals surface area contributed by atoms with Crippen molar-refractivity contribution < 1.29 is 19.4 Å². The van der Waals surface area contributed by atoms with Gasteiger partial charge in [-0.25, -0.2) is 4.79 Å². The molecule has 0 radical (unpaired) electrons. The second-order valence-corrected chi connectivity index (χ2v) is 10.7. The van der Waals surface area contributed by atoms with Gasteiger partial charge in [0.25, 0.3) is 0 Å². The third-order valence-electron chi connectivity index (χ3n) is 6.54. The minimum atomic E-state index is -1.08. The molecule has 4 nitrogen and oxygen atoms in total. The molecule has 0 aromatic heterocycles. The Bertz CT molecular complexity index is 1600. The number of halogens is 3. The van der Waals surface area contributed by atoms with Crippen molar-refractivity contribution in [3.8, 4) is 33.8 Å². The van der Waals surface area contributed by atoms with E-state index in [1.807, 2.05) is 54.6 Å². The average molecular weight is 616 g/mol. The van der Waals surface area contributed by atoms with Gasteiger partial charge < -0.3 is 14.6 Å². The Morgan fingerprint density at radius 3 is 1.50 bits per heavy atom. The topological polar surface area (TPSA) is 55.8 Å². The summed E-state index contributed by atoms with van der Waals surface area (Å²) in [5, 5.41) is 10.5. The monoisotopic (exact) mass is 614 g/mol. The molecule has 0 aliphatic carbocycles. The fourth-order valence-electron chi connectivity index (χ4n) is 4.42. The van der Waals surface area contributed by atoms with Gasteiger partial charge in [-0.3, -0.25) is 0 Å².